The topological polar surface area (TPSA) is 65.4 Å². The van der Waals surface area contributed by atoms with Gasteiger partial charge in [0.15, 0.2) is 0 Å². The predicted octanol–water partition coefficient (Wildman–Crippen LogP) is 3.07. The Labute approximate surface area is 147 Å². The number of ether oxygens (including phenoxy) is 1. The summed E-state index contributed by atoms with van der Waals surface area (Å²) < 4.78 is 5.35. The van der Waals surface area contributed by atoms with E-state index in [4.69, 9.17) is 4.74 Å². The number of carbonyl (C=O) groups is 1. The zero-order valence-corrected chi connectivity index (χ0v) is 13.8. The van der Waals surface area contributed by atoms with E-state index in [0.717, 1.165) is 37.6 Å². The van der Waals surface area contributed by atoms with Gasteiger partial charge >= 0.3 is 0 Å². The van der Waals surface area contributed by atoms with Crippen LogP contribution in [0.2, 0.25) is 0 Å². The summed E-state index contributed by atoms with van der Waals surface area (Å²) in [5.41, 5.74) is 2.65. The molecule has 0 spiro atoms. The highest BCUT2D eigenvalue weighted by Crippen LogP contribution is 2.19. The maximum absolute atomic E-state index is 12.3. The zero-order valence-electron chi connectivity index (χ0n) is 13.8. The first-order valence-corrected chi connectivity index (χ1v) is 8.17. The van der Waals surface area contributed by atoms with Crippen LogP contribution in [-0.2, 0) is 9.53 Å². The molecule has 0 atom stereocenters. The number of hydrogen-bond donors (Lipinski definition) is 1. The summed E-state index contributed by atoms with van der Waals surface area (Å²) in [6.07, 6.45) is 1.58. The van der Waals surface area contributed by atoms with E-state index in [2.05, 4.69) is 10.2 Å². The number of rotatable bonds is 4. The lowest BCUT2D eigenvalue weighted by atomic mass is 10.1. The van der Waals surface area contributed by atoms with Crippen LogP contribution in [-0.4, -0.2) is 32.2 Å². The fourth-order valence-electron chi connectivity index (χ4n) is 2.64. The fourth-order valence-corrected chi connectivity index (χ4v) is 2.64. The number of carbonyl (C=O) groups excluding carboxylic acids is 1. The van der Waals surface area contributed by atoms with Gasteiger partial charge in [-0.3, -0.25) is 4.79 Å². The van der Waals surface area contributed by atoms with Crippen LogP contribution in [0.1, 0.15) is 5.56 Å². The molecule has 2 aromatic rings. The van der Waals surface area contributed by atoms with E-state index in [1.165, 1.54) is 0 Å². The van der Waals surface area contributed by atoms with Gasteiger partial charge in [0.1, 0.15) is 11.6 Å². The molecule has 0 aromatic heterocycles. The number of nitrogens with one attached hydrogen (secondary N) is 1. The molecule has 1 heterocycles. The van der Waals surface area contributed by atoms with E-state index in [0.29, 0.717) is 5.69 Å². The standard InChI is InChI=1S/C20H19N3O2/c21-15-17(14-16-4-2-1-3-5-16)20(24)22-18-6-8-19(9-7-18)23-10-12-25-13-11-23/h1-9,14H,10-13H2,(H,22,24)/b17-14-. The molecular formula is C20H19N3O2. The summed E-state index contributed by atoms with van der Waals surface area (Å²) >= 11 is 0. The summed E-state index contributed by atoms with van der Waals surface area (Å²) in [7, 11) is 0. The molecule has 25 heavy (non-hydrogen) atoms. The van der Waals surface area contributed by atoms with Crippen LogP contribution in [0.4, 0.5) is 11.4 Å². The van der Waals surface area contributed by atoms with Crippen LogP contribution in [0, 0.1) is 11.3 Å². The van der Waals surface area contributed by atoms with Crippen molar-refractivity contribution in [1.29, 1.82) is 5.26 Å². The zero-order chi connectivity index (χ0) is 17.5. The Kier molecular flexibility index (Phi) is 5.45. The van der Waals surface area contributed by atoms with Crippen molar-refractivity contribution in [3.8, 4) is 6.07 Å². The third-order valence-electron chi connectivity index (χ3n) is 3.98. The Hall–Kier alpha value is -3.10. The number of nitriles is 1. The Balaban J connectivity index is 1.67. The van der Waals surface area contributed by atoms with E-state index in [1.54, 1.807) is 6.08 Å². The molecule has 1 saturated heterocycles. The summed E-state index contributed by atoms with van der Waals surface area (Å²) in [6, 6.07) is 18.9. The fraction of sp³-hybridized carbons (Fsp3) is 0.200. The Morgan fingerprint density at radius 3 is 2.40 bits per heavy atom. The molecule has 1 amide bonds. The normalized spacial score (nSPS) is 14.7. The van der Waals surface area contributed by atoms with Crippen LogP contribution in [0.25, 0.3) is 6.08 Å². The van der Waals surface area contributed by atoms with Gasteiger partial charge in [0, 0.05) is 24.5 Å². The van der Waals surface area contributed by atoms with Gasteiger partial charge in [0.25, 0.3) is 5.91 Å². The van der Waals surface area contributed by atoms with E-state index in [-0.39, 0.29) is 5.57 Å². The maximum Gasteiger partial charge on any atom is 0.266 e. The number of hydrogen-bond acceptors (Lipinski definition) is 4. The molecule has 1 N–H and O–H groups in total. The van der Waals surface area contributed by atoms with Gasteiger partial charge in [-0.15, -0.1) is 0 Å². The van der Waals surface area contributed by atoms with Crippen molar-refractivity contribution in [2.75, 3.05) is 36.5 Å². The Morgan fingerprint density at radius 1 is 1.08 bits per heavy atom. The highest BCUT2D eigenvalue weighted by atomic mass is 16.5. The van der Waals surface area contributed by atoms with Crippen molar-refractivity contribution < 1.29 is 9.53 Å². The van der Waals surface area contributed by atoms with Crippen molar-refractivity contribution in [2.24, 2.45) is 0 Å². The SMILES string of the molecule is N#C/C(=C/c1ccccc1)C(=O)Nc1ccc(N2CCOCC2)cc1. The average molecular weight is 333 g/mol. The second kappa shape index (κ2) is 8.13. The first-order valence-electron chi connectivity index (χ1n) is 8.17. The quantitative estimate of drug-likeness (QED) is 0.690. The minimum atomic E-state index is -0.412. The van der Waals surface area contributed by atoms with Gasteiger partial charge in [0.05, 0.1) is 13.2 Å². The number of anilines is 2. The number of nitrogens with zero attached hydrogens (tertiary/aromatic N) is 2. The summed E-state index contributed by atoms with van der Waals surface area (Å²) in [5.74, 6) is -0.412. The number of amides is 1. The van der Waals surface area contributed by atoms with Crippen molar-refractivity contribution in [3.63, 3.8) is 0 Å². The van der Waals surface area contributed by atoms with E-state index < -0.39 is 5.91 Å². The van der Waals surface area contributed by atoms with Crippen molar-refractivity contribution in [1.82, 2.24) is 0 Å². The van der Waals surface area contributed by atoms with Crippen molar-refractivity contribution >= 4 is 23.4 Å². The highest BCUT2D eigenvalue weighted by molar-refractivity contribution is 6.09. The molecule has 126 valence electrons. The van der Waals surface area contributed by atoms with Gasteiger partial charge in [-0.1, -0.05) is 30.3 Å². The summed E-state index contributed by atoms with van der Waals surface area (Å²) in [4.78, 5) is 14.5. The van der Waals surface area contributed by atoms with Crippen molar-refractivity contribution in [2.45, 2.75) is 0 Å². The van der Waals surface area contributed by atoms with E-state index in [1.807, 2.05) is 60.7 Å². The average Bonchev–Trinajstić information content (AvgIpc) is 2.68. The second-order valence-electron chi connectivity index (χ2n) is 5.68. The molecule has 0 saturated carbocycles. The van der Waals surface area contributed by atoms with E-state index >= 15 is 0 Å². The Bertz CT molecular complexity index is 786. The van der Waals surface area contributed by atoms with Crippen LogP contribution < -0.4 is 10.2 Å². The molecule has 2 aromatic carbocycles. The molecular weight excluding hydrogens is 314 g/mol. The monoisotopic (exact) mass is 333 g/mol. The minimum absolute atomic E-state index is 0.0726. The van der Waals surface area contributed by atoms with E-state index in [9.17, 15) is 10.1 Å². The third kappa shape index (κ3) is 4.46. The van der Waals surface area contributed by atoms with Gasteiger partial charge in [-0.25, -0.2) is 0 Å². The van der Waals surface area contributed by atoms with Gasteiger partial charge in [0.2, 0.25) is 0 Å². The third-order valence-corrected chi connectivity index (χ3v) is 3.98. The minimum Gasteiger partial charge on any atom is -0.378 e. The molecule has 5 heteroatoms. The van der Waals surface area contributed by atoms with Crippen LogP contribution in [0.5, 0.6) is 0 Å². The number of benzene rings is 2. The first kappa shape index (κ1) is 16.7. The highest BCUT2D eigenvalue weighted by Gasteiger charge is 2.12. The smallest absolute Gasteiger partial charge is 0.266 e. The predicted molar refractivity (Wildman–Crippen MR) is 98.1 cm³/mol. The lowest BCUT2D eigenvalue weighted by Gasteiger charge is -2.28. The van der Waals surface area contributed by atoms with Crippen molar-refractivity contribution in [3.05, 3.63) is 65.7 Å². The first-order chi connectivity index (χ1) is 12.3. The largest absolute Gasteiger partial charge is 0.378 e. The molecule has 1 aliphatic heterocycles. The molecule has 0 unspecified atom stereocenters. The van der Waals surface area contributed by atoms with Crippen LogP contribution in [0.15, 0.2) is 60.2 Å². The molecule has 0 radical (unpaired) electrons. The molecule has 3 rings (SSSR count). The summed E-state index contributed by atoms with van der Waals surface area (Å²) in [6.45, 7) is 3.19. The molecule has 5 nitrogen and oxygen atoms in total. The Morgan fingerprint density at radius 2 is 1.76 bits per heavy atom. The van der Waals surface area contributed by atoms with Gasteiger partial charge in [-0.2, -0.15) is 5.26 Å². The second-order valence-corrected chi connectivity index (χ2v) is 5.68. The van der Waals surface area contributed by atoms with Gasteiger partial charge < -0.3 is 15.0 Å². The number of morpholine rings is 1. The molecule has 0 aliphatic carbocycles. The lowest BCUT2D eigenvalue weighted by Crippen LogP contribution is -2.36. The maximum atomic E-state index is 12.3. The van der Waals surface area contributed by atoms with Crippen LogP contribution in [0.3, 0.4) is 0 Å². The molecule has 1 fully saturated rings. The van der Waals surface area contributed by atoms with Gasteiger partial charge in [-0.05, 0) is 35.9 Å². The lowest BCUT2D eigenvalue weighted by molar-refractivity contribution is -0.112. The molecule has 0 bridgehead atoms. The summed E-state index contributed by atoms with van der Waals surface area (Å²) in [5, 5.41) is 12.0. The van der Waals surface area contributed by atoms with Crippen LogP contribution >= 0.6 is 0 Å². The molecule has 1 aliphatic rings.